The van der Waals surface area contributed by atoms with E-state index in [0.29, 0.717) is 16.4 Å². The molecule has 0 unspecified atom stereocenters. The number of benzene rings is 1. The van der Waals surface area contributed by atoms with Crippen LogP contribution in [-0.2, 0) is 0 Å². The van der Waals surface area contributed by atoms with Crippen LogP contribution in [0.15, 0.2) is 64.7 Å². The van der Waals surface area contributed by atoms with E-state index in [2.05, 4.69) is 20.6 Å². The number of amides is 2. The number of H-pyrrole nitrogens is 1. The molecule has 3 heterocycles. The second-order valence-corrected chi connectivity index (χ2v) is 6.90. The largest absolute Gasteiger partial charge is 0.459 e. The van der Waals surface area contributed by atoms with Crippen LogP contribution in [0, 0.1) is 6.92 Å². The fourth-order valence-corrected chi connectivity index (χ4v) is 3.31. The van der Waals surface area contributed by atoms with Crippen molar-refractivity contribution in [2.75, 3.05) is 10.6 Å². The number of carbonyl (C=O) groups is 2. The van der Waals surface area contributed by atoms with E-state index in [1.54, 1.807) is 30.3 Å². The molecule has 8 heteroatoms. The van der Waals surface area contributed by atoms with Gasteiger partial charge in [0, 0.05) is 22.8 Å². The van der Waals surface area contributed by atoms with Crippen molar-refractivity contribution >= 4 is 34.0 Å². The molecule has 4 aromatic rings. The number of nitrogens with one attached hydrogen (secondary N) is 3. The molecule has 3 aromatic heterocycles. The van der Waals surface area contributed by atoms with E-state index in [1.807, 2.05) is 30.6 Å². The highest BCUT2D eigenvalue weighted by Crippen LogP contribution is 2.24. The first-order chi connectivity index (χ1) is 13.6. The van der Waals surface area contributed by atoms with Gasteiger partial charge in [0.25, 0.3) is 11.8 Å². The molecule has 0 bridgehead atoms. The molecule has 0 fully saturated rings. The van der Waals surface area contributed by atoms with Gasteiger partial charge in [-0.15, -0.1) is 11.3 Å². The third-order valence-electron chi connectivity index (χ3n) is 4.09. The number of hydrogen-bond donors (Lipinski definition) is 3. The maximum absolute atomic E-state index is 12.6. The molecule has 0 aliphatic carbocycles. The predicted octanol–water partition coefficient (Wildman–Crippen LogP) is 4.54. The number of aromatic amines is 1. The molecule has 1 aromatic carbocycles. The lowest BCUT2D eigenvalue weighted by atomic mass is 10.1. The number of rotatable bonds is 5. The van der Waals surface area contributed by atoms with Crippen molar-refractivity contribution in [1.29, 1.82) is 0 Å². The Kier molecular flexibility index (Phi) is 4.77. The molecule has 0 atom stereocenters. The summed E-state index contributed by atoms with van der Waals surface area (Å²) in [5, 5.41) is 7.92. The third kappa shape index (κ3) is 3.72. The predicted molar refractivity (Wildman–Crippen MR) is 108 cm³/mol. The fourth-order valence-electron chi connectivity index (χ4n) is 2.60. The molecule has 140 valence electrons. The monoisotopic (exact) mass is 392 g/mol. The molecular formula is C20H16N4O3S. The number of carbonyl (C=O) groups excluding carboxylic acids is 2. The smallest absolute Gasteiger partial charge is 0.291 e. The number of anilines is 2. The summed E-state index contributed by atoms with van der Waals surface area (Å²) >= 11 is 1.34. The fraction of sp³-hybridized carbons (Fsp3) is 0.0500. The van der Waals surface area contributed by atoms with Gasteiger partial charge in [-0.1, -0.05) is 6.07 Å². The summed E-state index contributed by atoms with van der Waals surface area (Å²) < 4.78 is 5.10. The minimum Gasteiger partial charge on any atom is -0.459 e. The number of thiazole rings is 1. The van der Waals surface area contributed by atoms with Gasteiger partial charge in [0.05, 0.1) is 17.7 Å². The summed E-state index contributed by atoms with van der Waals surface area (Å²) in [7, 11) is 0. The van der Waals surface area contributed by atoms with Crippen molar-refractivity contribution in [3.05, 3.63) is 77.2 Å². The average molecular weight is 392 g/mol. The Morgan fingerprint density at radius 3 is 2.75 bits per heavy atom. The first-order valence-corrected chi connectivity index (χ1v) is 9.34. The van der Waals surface area contributed by atoms with Crippen LogP contribution < -0.4 is 10.6 Å². The summed E-state index contributed by atoms with van der Waals surface area (Å²) in [6.45, 7) is 1.85. The van der Waals surface area contributed by atoms with Crippen LogP contribution in [0.3, 0.4) is 0 Å². The molecule has 4 rings (SSSR count). The molecule has 0 aliphatic rings. The van der Waals surface area contributed by atoms with E-state index in [1.165, 1.54) is 17.6 Å². The van der Waals surface area contributed by atoms with Gasteiger partial charge in [-0.05, 0) is 48.9 Å². The Morgan fingerprint density at radius 1 is 1.11 bits per heavy atom. The second-order valence-electron chi connectivity index (χ2n) is 6.04. The molecule has 3 N–H and O–H groups in total. The minimum atomic E-state index is -0.374. The topological polar surface area (TPSA) is 100 Å². The Hall–Kier alpha value is -3.65. The van der Waals surface area contributed by atoms with Crippen molar-refractivity contribution < 1.29 is 14.0 Å². The molecule has 0 radical (unpaired) electrons. The zero-order valence-electron chi connectivity index (χ0n) is 14.9. The first kappa shape index (κ1) is 17.7. The van der Waals surface area contributed by atoms with Gasteiger partial charge in [-0.25, -0.2) is 4.98 Å². The molecule has 7 nitrogen and oxygen atoms in total. The Bertz CT molecular complexity index is 1110. The highest BCUT2D eigenvalue weighted by atomic mass is 32.1. The standard InChI is InChI=1S/C20H16N4O3S/c1-12-6-7-13(10-15(12)22-19(26)17-5-3-9-27-17)18(25)24-20-23-16(11-28-20)14-4-2-8-21-14/h2-11,21H,1H3,(H,22,26)(H,23,24,25). The molecule has 0 saturated carbocycles. The van der Waals surface area contributed by atoms with E-state index in [9.17, 15) is 9.59 Å². The molecule has 2 amide bonds. The van der Waals surface area contributed by atoms with Gasteiger partial charge in [0.15, 0.2) is 10.9 Å². The van der Waals surface area contributed by atoms with Crippen molar-refractivity contribution in [1.82, 2.24) is 9.97 Å². The molecular weight excluding hydrogens is 376 g/mol. The summed E-state index contributed by atoms with van der Waals surface area (Å²) in [6, 6.07) is 12.1. The number of hydrogen-bond acceptors (Lipinski definition) is 5. The summed E-state index contributed by atoms with van der Waals surface area (Å²) in [4.78, 5) is 32.3. The average Bonchev–Trinajstić information content (AvgIpc) is 3.45. The van der Waals surface area contributed by atoms with Crippen LogP contribution in [0.2, 0.25) is 0 Å². The lowest BCUT2D eigenvalue weighted by molar-refractivity contribution is 0.0993. The van der Waals surface area contributed by atoms with Crippen LogP contribution >= 0.6 is 11.3 Å². The Balaban J connectivity index is 1.49. The zero-order valence-corrected chi connectivity index (χ0v) is 15.7. The lowest BCUT2D eigenvalue weighted by Crippen LogP contribution is -2.15. The van der Waals surface area contributed by atoms with E-state index in [4.69, 9.17) is 4.42 Å². The van der Waals surface area contributed by atoms with Gasteiger partial charge in [0.2, 0.25) is 0 Å². The number of nitrogens with zero attached hydrogens (tertiary/aromatic N) is 1. The first-order valence-electron chi connectivity index (χ1n) is 8.46. The lowest BCUT2D eigenvalue weighted by Gasteiger charge is -2.09. The normalized spacial score (nSPS) is 10.6. The van der Waals surface area contributed by atoms with Crippen LogP contribution in [0.1, 0.15) is 26.5 Å². The van der Waals surface area contributed by atoms with Crippen LogP contribution in [0.5, 0.6) is 0 Å². The molecule has 0 aliphatic heterocycles. The van der Waals surface area contributed by atoms with Crippen LogP contribution in [-0.4, -0.2) is 21.8 Å². The Labute approximate surface area is 164 Å². The molecule has 0 spiro atoms. The van der Waals surface area contributed by atoms with Gasteiger partial charge >= 0.3 is 0 Å². The molecule has 0 saturated heterocycles. The van der Waals surface area contributed by atoms with Gasteiger partial charge in [-0.2, -0.15) is 0 Å². The van der Waals surface area contributed by atoms with Crippen molar-refractivity contribution in [3.63, 3.8) is 0 Å². The van der Waals surface area contributed by atoms with E-state index < -0.39 is 0 Å². The van der Waals surface area contributed by atoms with Gasteiger partial charge < -0.3 is 14.7 Å². The number of aryl methyl sites for hydroxylation is 1. The summed E-state index contributed by atoms with van der Waals surface area (Å²) in [6.07, 6.45) is 3.25. The highest BCUT2D eigenvalue weighted by molar-refractivity contribution is 7.14. The van der Waals surface area contributed by atoms with Crippen molar-refractivity contribution in [2.24, 2.45) is 0 Å². The van der Waals surface area contributed by atoms with E-state index >= 15 is 0 Å². The minimum absolute atomic E-state index is 0.203. The number of furan rings is 1. The van der Waals surface area contributed by atoms with Crippen LogP contribution in [0.25, 0.3) is 11.4 Å². The maximum atomic E-state index is 12.6. The Morgan fingerprint density at radius 2 is 2.00 bits per heavy atom. The SMILES string of the molecule is Cc1ccc(C(=O)Nc2nc(-c3ccc[nH]3)cs2)cc1NC(=O)c1ccco1. The van der Waals surface area contributed by atoms with Crippen molar-refractivity contribution in [2.45, 2.75) is 6.92 Å². The van der Waals surface area contributed by atoms with E-state index in [0.717, 1.165) is 17.0 Å². The van der Waals surface area contributed by atoms with E-state index in [-0.39, 0.29) is 17.6 Å². The maximum Gasteiger partial charge on any atom is 0.291 e. The summed E-state index contributed by atoms with van der Waals surface area (Å²) in [5.74, 6) is -0.476. The third-order valence-corrected chi connectivity index (χ3v) is 4.85. The van der Waals surface area contributed by atoms with Crippen LogP contribution in [0.4, 0.5) is 10.8 Å². The highest BCUT2D eigenvalue weighted by Gasteiger charge is 2.14. The summed E-state index contributed by atoms with van der Waals surface area (Å²) in [5.41, 5.74) is 3.44. The van der Waals surface area contributed by atoms with Gasteiger partial charge in [-0.3, -0.25) is 14.9 Å². The van der Waals surface area contributed by atoms with Crippen molar-refractivity contribution in [3.8, 4) is 11.4 Å². The quantitative estimate of drug-likeness (QED) is 0.464. The van der Waals surface area contributed by atoms with Gasteiger partial charge in [0.1, 0.15) is 0 Å². The number of aromatic nitrogens is 2. The molecule has 28 heavy (non-hydrogen) atoms. The zero-order chi connectivity index (χ0) is 19.5. The second kappa shape index (κ2) is 7.53.